The van der Waals surface area contributed by atoms with Gasteiger partial charge in [0.25, 0.3) is 5.91 Å². The van der Waals surface area contributed by atoms with E-state index in [9.17, 15) is 4.79 Å². The number of carbonyl (C=O) groups excluding carboxylic acids is 1. The van der Waals surface area contributed by atoms with Gasteiger partial charge in [0.1, 0.15) is 4.88 Å². The minimum absolute atomic E-state index is 0.0219. The summed E-state index contributed by atoms with van der Waals surface area (Å²) in [5, 5.41) is 6.41. The van der Waals surface area contributed by atoms with Crippen molar-refractivity contribution >= 4 is 17.2 Å². The molecule has 88 valence electrons. The minimum atomic E-state index is 0.0219. The van der Waals surface area contributed by atoms with Crippen molar-refractivity contribution in [3.8, 4) is 0 Å². The first-order valence-electron chi connectivity index (χ1n) is 5.69. The standard InChI is InChI=1S/C11H17N3OS/c1-8-10(16-7-13-8)11(15)14-9-4-2-3-5-12-6-9/h7,9,12H,2-6H2,1H3,(H,14,15). The largest absolute Gasteiger partial charge is 0.347 e. The number of aromatic nitrogens is 1. The highest BCUT2D eigenvalue weighted by Crippen LogP contribution is 2.13. The van der Waals surface area contributed by atoms with Gasteiger partial charge in [0.05, 0.1) is 11.2 Å². The number of aryl methyl sites for hydroxylation is 1. The summed E-state index contributed by atoms with van der Waals surface area (Å²) in [6, 6.07) is 0.261. The SMILES string of the molecule is Cc1ncsc1C(=O)NC1CCCCNC1. The van der Waals surface area contributed by atoms with Crippen LogP contribution in [0, 0.1) is 6.92 Å². The average molecular weight is 239 g/mol. The molecule has 1 aliphatic heterocycles. The molecular weight excluding hydrogens is 222 g/mol. The number of hydrogen-bond donors (Lipinski definition) is 2. The fourth-order valence-electron chi connectivity index (χ4n) is 1.91. The molecule has 2 heterocycles. The Morgan fingerprint density at radius 2 is 2.50 bits per heavy atom. The van der Waals surface area contributed by atoms with Crippen LogP contribution >= 0.6 is 11.3 Å². The Morgan fingerprint density at radius 1 is 1.62 bits per heavy atom. The molecule has 1 aromatic rings. The van der Waals surface area contributed by atoms with E-state index < -0.39 is 0 Å². The molecule has 0 radical (unpaired) electrons. The molecule has 16 heavy (non-hydrogen) atoms. The van der Waals surface area contributed by atoms with Gasteiger partial charge in [-0.1, -0.05) is 6.42 Å². The normalized spacial score (nSPS) is 21.4. The van der Waals surface area contributed by atoms with Gasteiger partial charge < -0.3 is 10.6 Å². The molecule has 0 aliphatic carbocycles. The van der Waals surface area contributed by atoms with E-state index in [1.54, 1.807) is 5.51 Å². The molecule has 1 fully saturated rings. The van der Waals surface area contributed by atoms with Gasteiger partial charge in [-0.05, 0) is 26.3 Å². The fraction of sp³-hybridized carbons (Fsp3) is 0.636. The van der Waals surface area contributed by atoms with Gasteiger partial charge >= 0.3 is 0 Å². The Bertz CT molecular complexity index is 356. The summed E-state index contributed by atoms with van der Waals surface area (Å²) in [6.45, 7) is 3.81. The molecule has 0 aromatic carbocycles. The molecule has 2 rings (SSSR count). The summed E-state index contributed by atoms with van der Waals surface area (Å²) < 4.78 is 0. The third-order valence-corrected chi connectivity index (χ3v) is 3.76. The predicted octanol–water partition coefficient (Wildman–Crippen LogP) is 1.32. The Kier molecular flexibility index (Phi) is 3.90. The molecule has 1 saturated heterocycles. The van der Waals surface area contributed by atoms with E-state index in [4.69, 9.17) is 0 Å². The Balaban J connectivity index is 1.93. The zero-order chi connectivity index (χ0) is 11.4. The van der Waals surface area contributed by atoms with Crippen molar-refractivity contribution in [2.24, 2.45) is 0 Å². The monoisotopic (exact) mass is 239 g/mol. The van der Waals surface area contributed by atoms with E-state index in [0.29, 0.717) is 0 Å². The van der Waals surface area contributed by atoms with Crippen LogP contribution in [0.1, 0.15) is 34.6 Å². The van der Waals surface area contributed by atoms with Gasteiger partial charge in [-0.25, -0.2) is 4.98 Å². The van der Waals surface area contributed by atoms with Crippen molar-refractivity contribution in [1.29, 1.82) is 0 Å². The predicted molar refractivity (Wildman–Crippen MR) is 64.8 cm³/mol. The van der Waals surface area contributed by atoms with Crippen LogP contribution in [0.25, 0.3) is 0 Å². The van der Waals surface area contributed by atoms with Crippen LogP contribution in [0.2, 0.25) is 0 Å². The van der Waals surface area contributed by atoms with E-state index in [1.165, 1.54) is 24.2 Å². The molecular formula is C11H17N3OS. The van der Waals surface area contributed by atoms with Crippen LogP contribution in [0.15, 0.2) is 5.51 Å². The first-order chi connectivity index (χ1) is 7.77. The van der Waals surface area contributed by atoms with Crippen LogP contribution in [0.4, 0.5) is 0 Å². The number of carbonyl (C=O) groups is 1. The molecule has 1 aromatic heterocycles. The van der Waals surface area contributed by atoms with Crippen molar-refractivity contribution in [1.82, 2.24) is 15.6 Å². The molecule has 1 unspecified atom stereocenters. The number of nitrogens with one attached hydrogen (secondary N) is 2. The number of rotatable bonds is 2. The maximum atomic E-state index is 11.9. The zero-order valence-corrected chi connectivity index (χ0v) is 10.3. The van der Waals surface area contributed by atoms with Crippen molar-refractivity contribution in [3.63, 3.8) is 0 Å². The highest BCUT2D eigenvalue weighted by atomic mass is 32.1. The highest BCUT2D eigenvalue weighted by molar-refractivity contribution is 7.11. The third kappa shape index (κ3) is 2.80. The summed E-state index contributed by atoms with van der Waals surface area (Å²) in [6.07, 6.45) is 3.45. The summed E-state index contributed by atoms with van der Waals surface area (Å²) in [5.74, 6) is 0.0219. The molecule has 1 amide bonds. The second kappa shape index (κ2) is 5.41. The van der Waals surface area contributed by atoms with Gasteiger partial charge in [0.2, 0.25) is 0 Å². The van der Waals surface area contributed by atoms with Crippen molar-refractivity contribution < 1.29 is 4.79 Å². The summed E-state index contributed by atoms with van der Waals surface area (Å²) in [7, 11) is 0. The lowest BCUT2D eigenvalue weighted by Gasteiger charge is -2.15. The van der Waals surface area contributed by atoms with E-state index in [-0.39, 0.29) is 11.9 Å². The third-order valence-electron chi connectivity index (χ3n) is 2.83. The number of thiazole rings is 1. The summed E-state index contributed by atoms with van der Waals surface area (Å²) in [5.41, 5.74) is 2.54. The summed E-state index contributed by atoms with van der Waals surface area (Å²) >= 11 is 1.41. The lowest BCUT2D eigenvalue weighted by molar-refractivity contribution is 0.0939. The first kappa shape index (κ1) is 11.5. The molecule has 0 spiro atoms. The Morgan fingerprint density at radius 3 is 3.25 bits per heavy atom. The molecule has 2 N–H and O–H groups in total. The molecule has 5 heteroatoms. The zero-order valence-electron chi connectivity index (χ0n) is 9.45. The fourth-order valence-corrected chi connectivity index (χ4v) is 2.62. The lowest BCUT2D eigenvalue weighted by Crippen LogP contribution is -2.40. The van der Waals surface area contributed by atoms with E-state index >= 15 is 0 Å². The number of amides is 1. The summed E-state index contributed by atoms with van der Waals surface area (Å²) in [4.78, 5) is 16.8. The maximum Gasteiger partial charge on any atom is 0.263 e. The van der Waals surface area contributed by atoms with Crippen LogP contribution in [-0.2, 0) is 0 Å². The second-order valence-corrected chi connectivity index (χ2v) is 4.99. The van der Waals surface area contributed by atoms with Crippen LogP contribution in [0.5, 0.6) is 0 Å². The average Bonchev–Trinajstić information content (AvgIpc) is 2.53. The van der Waals surface area contributed by atoms with E-state index in [0.717, 1.165) is 30.1 Å². The van der Waals surface area contributed by atoms with Crippen molar-refractivity contribution in [3.05, 3.63) is 16.1 Å². The van der Waals surface area contributed by atoms with Crippen molar-refractivity contribution in [2.75, 3.05) is 13.1 Å². The Labute approximate surface area is 99.5 Å². The van der Waals surface area contributed by atoms with Gasteiger partial charge in [0.15, 0.2) is 0 Å². The highest BCUT2D eigenvalue weighted by Gasteiger charge is 2.17. The quantitative estimate of drug-likeness (QED) is 0.818. The Hall–Kier alpha value is -0.940. The molecule has 0 bridgehead atoms. The van der Waals surface area contributed by atoms with Gasteiger partial charge in [-0.15, -0.1) is 11.3 Å². The number of nitrogens with zero attached hydrogens (tertiary/aromatic N) is 1. The number of hydrogen-bond acceptors (Lipinski definition) is 4. The van der Waals surface area contributed by atoms with E-state index in [2.05, 4.69) is 15.6 Å². The second-order valence-electron chi connectivity index (χ2n) is 4.14. The smallest absolute Gasteiger partial charge is 0.263 e. The molecule has 1 atom stereocenters. The van der Waals surface area contributed by atoms with Crippen LogP contribution in [-0.4, -0.2) is 30.0 Å². The van der Waals surface area contributed by atoms with Gasteiger partial charge in [0, 0.05) is 12.6 Å². The molecule has 1 aliphatic rings. The van der Waals surface area contributed by atoms with Crippen LogP contribution in [0.3, 0.4) is 0 Å². The van der Waals surface area contributed by atoms with Crippen molar-refractivity contribution in [2.45, 2.75) is 32.2 Å². The van der Waals surface area contributed by atoms with E-state index in [1.807, 2.05) is 6.92 Å². The topological polar surface area (TPSA) is 54.0 Å². The van der Waals surface area contributed by atoms with Crippen LogP contribution < -0.4 is 10.6 Å². The van der Waals surface area contributed by atoms with Gasteiger partial charge in [-0.2, -0.15) is 0 Å². The first-order valence-corrected chi connectivity index (χ1v) is 6.57. The molecule has 4 nitrogen and oxygen atoms in total. The minimum Gasteiger partial charge on any atom is -0.347 e. The van der Waals surface area contributed by atoms with Gasteiger partial charge in [-0.3, -0.25) is 4.79 Å². The lowest BCUT2D eigenvalue weighted by atomic mass is 10.1. The maximum absolute atomic E-state index is 11.9. The molecule has 0 saturated carbocycles.